The normalized spacial score (nSPS) is 13.4. The molecule has 0 atom stereocenters. The Balaban J connectivity index is 1.78. The molecule has 0 radical (unpaired) electrons. The van der Waals surface area contributed by atoms with Gasteiger partial charge in [-0.3, -0.25) is 4.31 Å². The number of carbonyl (C=O) groups excluding carboxylic acids is 3. The monoisotopic (exact) mass is 533 g/mol. The van der Waals surface area contributed by atoms with Gasteiger partial charge in [-0.05, 0) is 63.3 Å². The van der Waals surface area contributed by atoms with Gasteiger partial charge in [0, 0.05) is 6.54 Å². The molecule has 200 valence electrons. The van der Waals surface area contributed by atoms with Crippen LogP contribution >= 0.6 is 0 Å². The van der Waals surface area contributed by atoms with Crippen LogP contribution in [0.25, 0.3) is 0 Å². The van der Waals surface area contributed by atoms with E-state index in [2.05, 4.69) is 0 Å². The Morgan fingerprint density at radius 3 is 2.27 bits per heavy atom. The van der Waals surface area contributed by atoms with Crippen LogP contribution in [-0.4, -0.2) is 51.5 Å². The van der Waals surface area contributed by atoms with Crippen LogP contribution in [0.2, 0.25) is 0 Å². The Morgan fingerprint density at radius 1 is 1.00 bits per heavy atom. The van der Waals surface area contributed by atoms with Gasteiger partial charge in [0.2, 0.25) is 10.0 Å². The van der Waals surface area contributed by atoms with Crippen molar-refractivity contribution in [2.24, 2.45) is 5.92 Å². The van der Waals surface area contributed by atoms with E-state index in [1.807, 2.05) is 6.07 Å². The average molecular weight is 534 g/mol. The summed E-state index contributed by atoms with van der Waals surface area (Å²) in [6, 6.07) is 12.9. The highest BCUT2D eigenvalue weighted by Crippen LogP contribution is 2.34. The number of nitrogens with zero attached hydrogens (tertiary/aromatic N) is 1. The lowest BCUT2D eigenvalue weighted by atomic mass is 10.1. The Hall–Kier alpha value is -3.60. The summed E-state index contributed by atoms with van der Waals surface area (Å²) in [5.41, 5.74) is -0.134. The Kier molecular flexibility index (Phi) is 8.80. The lowest BCUT2D eigenvalue weighted by Crippen LogP contribution is -2.32. The highest BCUT2D eigenvalue weighted by Gasteiger charge is 2.30. The fourth-order valence-electron chi connectivity index (χ4n) is 3.23. The summed E-state index contributed by atoms with van der Waals surface area (Å²) in [6.07, 6.45) is 1.83. The minimum atomic E-state index is -3.66. The second-order valence-electron chi connectivity index (χ2n) is 9.71. The number of ether oxygens (including phenoxy) is 4. The molecule has 0 N–H and O–H groups in total. The molecule has 0 spiro atoms. The summed E-state index contributed by atoms with van der Waals surface area (Å²) in [5, 5.41) is 0. The van der Waals surface area contributed by atoms with Gasteiger partial charge in [-0.15, -0.1) is 0 Å². The molecule has 0 amide bonds. The molecule has 37 heavy (non-hydrogen) atoms. The molecule has 0 aliphatic heterocycles. The molecule has 1 saturated carbocycles. The number of benzene rings is 2. The quantitative estimate of drug-likeness (QED) is 0.252. The SMILES string of the molecule is CC(C)(C)OC(=O)Oc1ccc(N(CC2CC2)S(C)(=O)=O)cc1C(=O)OCC(=O)OCc1ccccc1. The zero-order chi connectivity index (χ0) is 27.2. The maximum absolute atomic E-state index is 12.9. The molecule has 0 bridgehead atoms. The van der Waals surface area contributed by atoms with Crippen LogP contribution in [-0.2, 0) is 35.6 Å². The molecule has 1 fully saturated rings. The van der Waals surface area contributed by atoms with E-state index in [-0.39, 0.29) is 36.1 Å². The van der Waals surface area contributed by atoms with E-state index in [0.717, 1.165) is 24.7 Å². The number of hydrogen-bond donors (Lipinski definition) is 0. The van der Waals surface area contributed by atoms with Crippen molar-refractivity contribution in [1.82, 2.24) is 0 Å². The van der Waals surface area contributed by atoms with Crippen LogP contribution < -0.4 is 9.04 Å². The van der Waals surface area contributed by atoms with Gasteiger partial charge in [0.15, 0.2) is 6.61 Å². The standard InChI is InChI=1S/C26H31NO9S/c1-26(2,3)36-25(30)35-22-13-12-20(27(37(4,31)32)15-18-10-11-18)14-21(22)24(29)34-17-23(28)33-16-19-8-6-5-7-9-19/h5-9,12-14,18H,10-11,15-17H2,1-4H3. The molecule has 0 unspecified atom stereocenters. The van der Waals surface area contributed by atoms with E-state index in [9.17, 15) is 22.8 Å². The highest BCUT2D eigenvalue weighted by atomic mass is 32.2. The van der Waals surface area contributed by atoms with Gasteiger partial charge in [-0.25, -0.2) is 22.8 Å². The highest BCUT2D eigenvalue weighted by molar-refractivity contribution is 7.92. The van der Waals surface area contributed by atoms with Crippen molar-refractivity contribution in [3.63, 3.8) is 0 Å². The van der Waals surface area contributed by atoms with Gasteiger partial charge >= 0.3 is 18.1 Å². The summed E-state index contributed by atoms with van der Waals surface area (Å²) in [4.78, 5) is 37.3. The predicted octanol–water partition coefficient (Wildman–Crippen LogP) is 4.08. The van der Waals surface area contributed by atoms with Crippen molar-refractivity contribution in [1.29, 1.82) is 0 Å². The summed E-state index contributed by atoms with van der Waals surface area (Å²) in [5.74, 6) is -1.77. The summed E-state index contributed by atoms with van der Waals surface area (Å²) < 4.78 is 46.7. The molecule has 2 aromatic rings. The molecule has 0 heterocycles. The van der Waals surface area contributed by atoms with Crippen LogP contribution in [0.3, 0.4) is 0 Å². The molecule has 3 rings (SSSR count). The first-order valence-corrected chi connectivity index (χ1v) is 13.6. The summed E-state index contributed by atoms with van der Waals surface area (Å²) >= 11 is 0. The topological polar surface area (TPSA) is 126 Å². The molecule has 2 aromatic carbocycles. The zero-order valence-corrected chi connectivity index (χ0v) is 22.1. The lowest BCUT2D eigenvalue weighted by molar-refractivity contribution is -0.148. The fourth-order valence-corrected chi connectivity index (χ4v) is 4.21. The van der Waals surface area contributed by atoms with Gasteiger partial charge in [0.1, 0.15) is 23.5 Å². The summed E-state index contributed by atoms with van der Waals surface area (Å²) in [6.45, 7) is 4.51. The smallest absolute Gasteiger partial charge is 0.458 e. The number of sulfonamides is 1. The van der Waals surface area contributed by atoms with Crippen LogP contribution in [0.1, 0.15) is 49.5 Å². The average Bonchev–Trinajstić information content (AvgIpc) is 3.63. The third kappa shape index (κ3) is 9.09. The third-order valence-electron chi connectivity index (χ3n) is 5.14. The van der Waals surface area contributed by atoms with Crippen molar-refractivity contribution >= 4 is 33.8 Å². The van der Waals surface area contributed by atoms with Gasteiger partial charge < -0.3 is 18.9 Å². The lowest BCUT2D eigenvalue weighted by Gasteiger charge is -2.24. The van der Waals surface area contributed by atoms with Crippen LogP contribution in [0.5, 0.6) is 5.75 Å². The van der Waals surface area contributed by atoms with Gasteiger partial charge in [-0.2, -0.15) is 0 Å². The molecule has 10 nitrogen and oxygen atoms in total. The Bertz CT molecular complexity index is 1230. The second-order valence-corrected chi connectivity index (χ2v) is 11.6. The molecule has 1 aliphatic carbocycles. The largest absolute Gasteiger partial charge is 0.514 e. The maximum Gasteiger partial charge on any atom is 0.514 e. The van der Waals surface area contributed by atoms with Crippen molar-refractivity contribution in [3.05, 3.63) is 59.7 Å². The predicted molar refractivity (Wildman–Crippen MR) is 135 cm³/mol. The second kappa shape index (κ2) is 11.6. The van der Waals surface area contributed by atoms with Crippen molar-refractivity contribution in [2.75, 3.05) is 23.7 Å². The van der Waals surface area contributed by atoms with E-state index >= 15 is 0 Å². The van der Waals surface area contributed by atoms with Crippen LogP contribution in [0.4, 0.5) is 10.5 Å². The minimum absolute atomic E-state index is 0.00417. The van der Waals surface area contributed by atoms with Crippen molar-refractivity contribution in [2.45, 2.75) is 45.8 Å². The first kappa shape index (κ1) is 28.0. The molecule has 0 saturated heterocycles. The van der Waals surface area contributed by atoms with Gasteiger partial charge in [0.05, 0.1) is 11.9 Å². The Labute approximate surface area is 216 Å². The van der Waals surface area contributed by atoms with E-state index in [4.69, 9.17) is 18.9 Å². The molecule has 1 aliphatic rings. The van der Waals surface area contributed by atoms with Crippen molar-refractivity contribution < 1.29 is 41.7 Å². The van der Waals surface area contributed by atoms with Gasteiger partial charge in [-0.1, -0.05) is 30.3 Å². The first-order valence-electron chi connectivity index (χ1n) is 11.7. The van der Waals surface area contributed by atoms with E-state index < -0.39 is 40.3 Å². The molecule has 0 aromatic heterocycles. The number of esters is 2. The van der Waals surface area contributed by atoms with E-state index in [1.165, 1.54) is 22.5 Å². The molecular formula is C26H31NO9S. The number of anilines is 1. The minimum Gasteiger partial charge on any atom is -0.458 e. The zero-order valence-electron chi connectivity index (χ0n) is 21.3. The van der Waals surface area contributed by atoms with Crippen LogP contribution in [0, 0.1) is 5.92 Å². The number of rotatable bonds is 10. The fraction of sp³-hybridized carbons (Fsp3) is 0.423. The van der Waals surface area contributed by atoms with Crippen molar-refractivity contribution in [3.8, 4) is 5.75 Å². The van der Waals surface area contributed by atoms with Gasteiger partial charge in [0.25, 0.3) is 0 Å². The molecule has 11 heteroatoms. The van der Waals surface area contributed by atoms with E-state index in [1.54, 1.807) is 45.0 Å². The van der Waals surface area contributed by atoms with E-state index in [0.29, 0.717) is 0 Å². The Morgan fingerprint density at radius 2 is 1.68 bits per heavy atom. The maximum atomic E-state index is 12.9. The molecular weight excluding hydrogens is 502 g/mol. The van der Waals surface area contributed by atoms with Crippen LogP contribution in [0.15, 0.2) is 48.5 Å². The third-order valence-corrected chi connectivity index (χ3v) is 6.30. The number of hydrogen-bond acceptors (Lipinski definition) is 9. The first-order chi connectivity index (χ1) is 17.3. The number of carbonyl (C=O) groups is 3. The summed E-state index contributed by atoms with van der Waals surface area (Å²) in [7, 11) is -3.66.